The van der Waals surface area contributed by atoms with Crippen molar-refractivity contribution < 1.29 is 8.42 Å². The molecule has 1 aromatic carbocycles. The van der Waals surface area contributed by atoms with Crippen molar-refractivity contribution in [2.24, 2.45) is 5.92 Å². The Balaban J connectivity index is 2.95. The molecule has 0 bridgehead atoms. The second-order valence-corrected chi connectivity index (χ2v) is 6.66. The van der Waals surface area contributed by atoms with Crippen molar-refractivity contribution in [1.29, 1.82) is 0 Å². The smallest absolute Gasteiger partial charge is 0.201 e. The van der Waals surface area contributed by atoms with Gasteiger partial charge in [0.05, 0.1) is 10.3 Å². The van der Waals surface area contributed by atoms with Crippen LogP contribution >= 0.6 is 0 Å². The number of hydrogen-bond donors (Lipinski definition) is 1. The van der Waals surface area contributed by atoms with Gasteiger partial charge in [0.2, 0.25) is 9.84 Å². The highest BCUT2D eigenvalue weighted by Gasteiger charge is 2.13. The topological polar surface area (TPSA) is 46.2 Å². The first-order chi connectivity index (χ1) is 8.97. The number of benzene rings is 1. The first-order valence-corrected chi connectivity index (χ1v) is 8.27. The molecule has 4 heteroatoms. The molecule has 0 saturated carbocycles. The first kappa shape index (κ1) is 15.8. The maximum absolute atomic E-state index is 12.3. The molecule has 0 atom stereocenters. The van der Waals surface area contributed by atoms with Crippen LogP contribution in [0.15, 0.2) is 46.3 Å². The zero-order chi connectivity index (χ0) is 14.3. The summed E-state index contributed by atoms with van der Waals surface area (Å²) in [7, 11) is -3.37. The SMILES string of the molecule is CCCCNC(=CS(=O)(=O)c1ccccc1)C(C)C. The summed E-state index contributed by atoms with van der Waals surface area (Å²) in [4.78, 5) is 0.338. The summed E-state index contributed by atoms with van der Waals surface area (Å²) in [6.45, 7) is 6.91. The molecular formula is C15H23NO2S. The van der Waals surface area contributed by atoms with E-state index in [1.165, 1.54) is 5.41 Å². The monoisotopic (exact) mass is 281 g/mol. The fraction of sp³-hybridized carbons (Fsp3) is 0.467. The van der Waals surface area contributed by atoms with Gasteiger partial charge in [-0.2, -0.15) is 0 Å². The van der Waals surface area contributed by atoms with Gasteiger partial charge in [0, 0.05) is 12.2 Å². The summed E-state index contributed by atoms with van der Waals surface area (Å²) >= 11 is 0. The van der Waals surface area contributed by atoms with Gasteiger partial charge in [0.15, 0.2) is 0 Å². The molecule has 0 fully saturated rings. The van der Waals surface area contributed by atoms with E-state index in [2.05, 4.69) is 12.2 Å². The number of allylic oxidation sites excluding steroid dienone is 1. The maximum Gasteiger partial charge on any atom is 0.201 e. The lowest BCUT2D eigenvalue weighted by atomic mass is 10.1. The molecule has 0 radical (unpaired) electrons. The van der Waals surface area contributed by atoms with Crippen LogP contribution in [0.2, 0.25) is 0 Å². The largest absolute Gasteiger partial charge is 0.388 e. The molecule has 1 rings (SSSR count). The normalized spacial score (nSPS) is 12.7. The minimum Gasteiger partial charge on any atom is -0.388 e. The Morgan fingerprint density at radius 1 is 1.26 bits per heavy atom. The lowest BCUT2D eigenvalue weighted by Gasteiger charge is -2.14. The van der Waals surface area contributed by atoms with Crippen LogP contribution in [0.3, 0.4) is 0 Å². The number of unbranched alkanes of at least 4 members (excludes halogenated alkanes) is 1. The van der Waals surface area contributed by atoms with Crippen LogP contribution in [-0.4, -0.2) is 15.0 Å². The Labute approximate surface area is 116 Å². The first-order valence-electron chi connectivity index (χ1n) is 6.73. The van der Waals surface area contributed by atoms with E-state index in [0.29, 0.717) is 4.90 Å². The van der Waals surface area contributed by atoms with Gasteiger partial charge in [0.1, 0.15) is 0 Å². The molecule has 0 aliphatic carbocycles. The van der Waals surface area contributed by atoms with Gasteiger partial charge in [-0.25, -0.2) is 8.42 Å². The molecule has 0 aromatic heterocycles. The Morgan fingerprint density at radius 3 is 2.42 bits per heavy atom. The van der Waals surface area contributed by atoms with Crippen molar-refractivity contribution in [3.05, 3.63) is 41.4 Å². The van der Waals surface area contributed by atoms with E-state index < -0.39 is 9.84 Å². The summed E-state index contributed by atoms with van der Waals surface area (Å²) < 4.78 is 24.5. The molecular weight excluding hydrogens is 258 g/mol. The second-order valence-electron chi connectivity index (χ2n) is 4.87. The highest BCUT2D eigenvalue weighted by molar-refractivity contribution is 7.94. The molecule has 0 aliphatic rings. The number of hydrogen-bond acceptors (Lipinski definition) is 3. The third kappa shape index (κ3) is 5.07. The zero-order valence-corrected chi connectivity index (χ0v) is 12.7. The Bertz CT molecular complexity index is 504. The van der Waals surface area contributed by atoms with Crippen LogP contribution in [0.25, 0.3) is 0 Å². The predicted octanol–water partition coefficient (Wildman–Crippen LogP) is 3.35. The summed E-state index contributed by atoms with van der Waals surface area (Å²) in [6.07, 6.45) is 2.12. The van der Waals surface area contributed by atoms with E-state index in [1.807, 2.05) is 19.9 Å². The van der Waals surface area contributed by atoms with Gasteiger partial charge in [0.25, 0.3) is 0 Å². The summed E-state index contributed by atoms with van der Waals surface area (Å²) in [5.74, 6) is 0.162. The van der Waals surface area contributed by atoms with Gasteiger partial charge < -0.3 is 5.32 Å². The van der Waals surface area contributed by atoms with Gasteiger partial charge in [-0.15, -0.1) is 0 Å². The molecule has 3 nitrogen and oxygen atoms in total. The third-order valence-corrected chi connectivity index (χ3v) is 4.33. The summed E-state index contributed by atoms with van der Waals surface area (Å²) in [5, 5.41) is 4.59. The average Bonchev–Trinajstić information content (AvgIpc) is 2.38. The van der Waals surface area contributed by atoms with Crippen LogP contribution < -0.4 is 5.32 Å². The van der Waals surface area contributed by atoms with Crippen LogP contribution in [0.1, 0.15) is 33.6 Å². The van der Waals surface area contributed by atoms with Crippen molar-refractivity contribution in [2.75, 3.05) is 6.54 Å². The number of rotatable bonds is 7. The van der Waals surface area contributed by atoms with Crippen molar-refractivity contribution in [1.82, 2.24) is 5.32 Å². The second kappa shape index (κ2) is 7.34. The van der Waals surface area contributed by atoms with Gasteiger partial charge in [-0.05, 0) is 24.5 Å². The van der Waals surface area contributed by atoms with E-state index in [0.717, 1.165) is 25.1 Å². The minimum atomic E-state index is -3.37. The van der Waals surface area contributed by atoms with Crippen molar-refractivity contribution in [2.45, 2.75) is 38.5 Å². The van der Waals surface area contributed by atoms with Crippen molar-refractivity contribution in [3.8, 4) is 0 Å². The molecule has 1 N–H and O–H groups in total. The molecule has 19 heavy (non-hydrogen) atoms. The highest BCUT2D eigenvalue weighted by Crippen LogP contribution is 2.16. The van der Waals surface area contributed by atoms with Gasteiger partial charge in [-0.3, -0.25) is 0 Å². The number of nitrogens with one attached hydrogen (secondary N) is 1. The Morgan fingerprint density at radius 2 is 1.89 bits per heavy atom. The van der Waals surface area contributed by atoms with Crippen LogP contribution in [0.4, 0.5) is 0 Å². The lowest BCUT2D eigenvalue weighted by Crippen LogP contribution is -2.20. The summed E-state index contributed by atoms with van der Waals surface area (Å²) in [5.41, 5.74) is 0.775. The van der Waals surface area contributed by atoms with Crippen LogP contribution in [-0.2, 0) is 9.84 Å². The molecule has 0 unspecified atom stereocenters. The molecule has 0 aliphatic heterocycles. The fourth-order valence-corrected chi connectivity index (χ4v) is 3.00. The van der Waals surface area contributed by atoms with E-state index in [1.54, 1.807) is 24.3 Å². The molecule has 106 valence electrons. The van der Waals surface area contributed by atoms with E-state index >= 15 is 0 Å². The molecule has 0 amide bonds. The molecule has 0 heterocycles. The van der Waals surface area contributed by atoms with E-state index in [-0.39, 0.29) is 5.92 Å². The summed E-state index contributed by atoms with van der Waals surface area (Å²) in [6, 6.07) is 8.53. The Hall–Kier alpha value is -1.29. The molecule has 1 aromatic rings. The van der Waals surface area contributed by atoms with Gasteiger partial charge >= 0.3 is 0 Å². The van der Waals surface area contributed by atoms with E-state index in [4.69, 9.17) is 0 Å². The minimum absolute atomic E-state index is 0.162. The Kier molecular flexibility index (Phi) is 6.09. The predicted molar refractivity (Wildman–Crippen MR) is 79.5 cm³/mol. The van der Waals surface area contributed by atoms with E-state index in [9.17, 15) is 8.42 Å². The quantitative estimate of drug-likeness (QED) is 0.780. The fourth-order valence-electron chi connectivity index (χ4n) is 1.64. The van der Waals surface area contributed by atoms with Gasteiger partial charge in [-0.1, -0.05) is 45.4 Å². The highest BCUT2D eigenvalue weighted by atomic mass is 32.2. The van der Waals surface area contributed by atoms with Crippen LogP contribution in [0, 0.1) is 5.92 Å². The molecule has 0 spiro atoms. The third-order valence-electron chi connectivity index (χ3n) is 2.84. The molecule has 0 saturated heterocycles. The average molecular weight is 281 g/mol. The van der Waals surface area contributed by atoms with Crippen LogP contribution in [0.5, 0.6) is 0 Å². The lowest BCUT2D eigenvalue weighted by molar-refractivity contribution is 0.598. The number of sulfone groups is 1. The standard InChI is InChI=1S/C15H23NO2S/c1-4-5-11-16-15(13(2)3)12-19(17,18)14-9-7-6-8-10-14/h6-10,12-13,16H,4-5,11H2,1-3H3. The van der Waals surface area contributed by atoms with Crippen molar-refractivity contribution >= 4 is 9.84 Å². The zero-order valence-electron chi connectivity index (χ0n) is 11.9. The maximum atomic E-state index is 12.3. The van der Waals surface area contributed by atoms with Crippen molar-refractivity contribution in [3.63, 3.8) is 0 Å².